The van der Waals surface area contributed by atoms with Crippen LogP contribution in [0.3, 0.4) is 0 Å². The number of nitrogens with zero attached hydrogens (tertiary/aromatic N) is 1. The molecule has 1 heterocycles. The largest absolute Gasteiger partial charge is 0.305 e. The Balaban J connectivity index is 1.96. The van der Waals surface area contributed by atoms with Gasteiger partial charge in [0.05, 0.1) is 11.6 Å². The fourth-order valence-corrected chi connectivity index (χ4v) is 3.11. The highest BCUT2D eigenvalue weighted by Gasteiger charge is 2.16. The summed E-state index contributed by atoms with van der Waals surface area (Å²) in [6.45, 7) is 9.77. The Labute approximate surface area is 131 Å². The molecular weight excluding hydrogens is 276 g/mol. The Morgan fingerprint density at radius 1 is 1.14 bits per heavy atom. The lowest BCUT2D eigenvalue weighted by Gasteiger charge is -2.16. The van der Waals surface area contributed by atoms with E-state index in [2.05, 4.69) is 51.2 Å². The molecule has 0 saturated heterocycles. The first-order chi connectivity index (χ1) is 9.90. The Kier molecular flexibility index (Phi) is 4.82. The van der Waals surface area contributed by atoms with Crippen LogP contribution < -0.4 is 5.32 Å². The zero-order valence-corrected chi connectivity index (χ0v) is 13.9. The molecule has 0 aliphatic heterocycles. The molecule has 2 rings (SSSR count). The van der Waals surface area contributed by atoms with Crippen molar-refractivity contribution in [1.82, 2.24) is 5.32 Å². The minimum atomic E-state index is 0.224. The van der Waals surface area contributed by atoms with Crippen molar-refractivity contribution in [2.45, 2.75) is 45.7 Å². The topological polar surface area (TPSA) is 35.8 Å². The van der Waals surface area contributed by atoms with Crippen molar-refractivity contribution in [2.24, 2.45) is 0 Å². The van der Waals surface area contributed by atoms with Gasteiger partial charge in [-0.05, 0) is 42.2 Å². The molecule has 0 spiro atoms. The SMILES string of the molecule is CC(NCc1ccc(C(C)(C)C)s1)c1ccc(C#N)cc1. The highest BCUT2D eigenvalue weighted by Crippen LogP contribution is 2.29. The zero-order valence-electron chi connectivity index (χ0n) is 13.1. The summed E-state index contributed by atoms with van der Waals surface area (Å²) in [5.41, 5.74) is 2.14. The molecular formula is C18H22N2S. The van der Waals surface area contributed by atoms with Crippen LogP contribution in [0.5, 0.6) is 0 Å². The predicted octanol–water partition coefficient (Wildman–Crippen LogP) is 4.77. The fraction of sp³-hybridized carbons (Fsp3) is 0.389. The van der Waals surface area contributed by atoms with E-state index < -0.39 is 0 Å². The predicted molar refractivity (Wildman–Crippen MR) is 89.4 cm³/mol. The van der Waals surface area contributed by atoms with Gasteiger partial charge in [-0.15, -0.1) is 11.3 Å². The Bertz CT molecular complexity index is 626. The molecule has 1 aromatic carbocycles. The van der Waals surface area contributed by atoms with Crippen molar-refractivity contribution in [3.8, 4) is 6.07 Å². The Morgan fingerprint density at radius 3 is 2.33 bits per heavy atom. The van der Waals surface area contributed by atoms with Gasteiger partial charge in [0.25, 0.3) is 0 Å². The van der Waals surface area contributed by atoms with E-state index >= 15 is 0 Å². The second-order valence-corrected chi connectivity index (χ2v) is 7.52. The van der Waals surface area contributed by atoms with Crippen LogP contribution in [0.15, 0.2) is 36.4 Å². The minimum Gasteiger partial charge on any atom is -0.305 e. The Morgan fingerprint density at radius 2 is 1.81 bits per heavy atom. The second-order valence-electron chi connectivity index (χ2n) is 6.35. The molecule has 0 fully saturated rings. The summed E-state index contributed by atoms with van der Waals surface area (Å²) in [4.78, 5) is 2.78. The smallest absolute Gasteiger partial charge is 0.0991 e. The number of nitriles is 1. The molecule has 110 valence electrons. The van der Waals surface area contributed by atoms with E-state index in [-0.39, 0.29) is 11.5 Å². The number of hydrogen-bond acceptors (Lipinski definition) is 3. The summed E-state index contributed by atoms with van der Waals surface area (Å²) < 4.78 is 0. The molecule has 1 unspecified atom stereocenters. The van der Waals surface area contributed by atoms with Crippen LogP contribution in [0, 0.1) is 11.3 Å². The van der Waals surface area contributed by atoms with Crippen molar-refractivity contribution in [1.29, 1.82) is 5.26 Å². The van der Waals surface area contributed by atoms with E-state index in [0.717, 1.165) is 6.54 Å². The first-order valence-electron chi connectivity index (χ1n) is 7.23. The maximum Gasteiger partial charge on any atom is 0.0991 e. The minimum absolute atomic E-state index is 0.224. The second kappa shape index (κ2) is 6.43. The van der Waals surface area contributed by atoms with Gasteiger partial charge in [0.15, 0.2) is 0 Å². The van der Waals surface area contributed by atoms with E-state index in [1.807, 2.05) is 35.6 Å². The van der Waals surface area contributed by atoms with Crippen LogP contribution in [0.25, 0.3) is 0 Å². The lowest BCUT2D eigenvalue weighted by molar-refractivity contribution is 0.579. The molecule has 2 nitrogen and oxygen atoms in total. The summed E-state index contributed by atoms with van der Waals surface area (Å²) in [5, 5.41) is 12.4. The highest BCUT2D eigenvalue weighted by molar-refractivity contribution is 7.12. The normalized spacial score (nSPS) is 12.9. The van der Waals surface area contributed by atoms with Crippen molar-refractivity contribution in [3.63, 3.8) is 0 Å². The molecule has 3 heteroatoms. The summed E-state index contributed by atoms with van der Waals surface area (Å²) in [6, 6.07) is 14.6. The molecule has 1 aromatic heterocycles. The standard InChI is InChI=1S/C18H22N2S/c1-13(15-7-5-14(11-19)6-8-15)20-12-16-9-10-17(21-16)18(2,3)4/h5-10,13,20H,12H2,1-4H3. The number of benzene rings is 1. The number of thiophene rings is 1. The summed E-state index contributed by atoms with van der Waals surface area (Å²) in [6.07, 6.45) is 0. The highest BCUT2D eigenvalue weighted by atomic mass is 32.1. The van der Waals surface area contributed by atoms with Crippen molar-refractivity contribution >= 4 is 11.3 Å². The van der Waals surface area contributed by atoms with E-state index in [4.69, 9.17) is 5.26 Å². The van der Waals surface area contributed by atoms with E-state index in [9.17, 15) is 0 Å². The monoisotopic (exact) mass is 298 g/mol. The average molecular weight is 298 g/mol. The molecule has 0 radical (unpaired) electrons. The van der Waals surface area contributed by atoms with Gasteiger partial charge in [-0.25, -0.2) is 0 Å². The number of hydrogen-bond donors (Lipinski definition) is 1. The average Bonchev–Trinajstić information content (AvgIpc) is 2.94. The van der Waals surface area contributed by atoms with Crippen LogP contribution in [0.1, 0.15) is 54.6 Å². The zero-order chi connectivity index (χ0) is 15.5. The third-order valence-corrected chi connectivity index (χ3v) is 5.03. The van der Waals surface area contributed by atoms with E-state index in [0.29, 0.717) is 5.56 Å². The molecule has 0 saturated carbocycles. The van der Waals surface area contributed by atoms with E-state index in [1.165, 1.54) is 15.3 Å². The molecule has 0 aliphatic rings. The molecule has 0 bridgehead atoms. The van der Waals surface area contributed by atoms with Crippen molar-refractivity contribution in [2.75, 3.05) is 0 Å². The molecule has 0 amide bonds. The Hall–Kier alpha value is -1.63. The van der Waals surface area contributed by atoms with Crippen molar-refractivity contribution in [3.05, 3.63) is 57.3 Å². The quantitative estimate of drug-likeness (QED) is 0.882. The van der Waals surface area contributed by atoms with Crippen LogP contribution in [-0.2, 0) is 12.0 Å². The third kappa shape index (κ3) is 4.17. The van der Waals surface area contributed by atoms with Crippen LogP contribution in [0.4, 0.5) is 0 Å². The van der Waals surface area contributed by atoms with Gasteiger partial charge >= 0.3 is 0 Å². The van der Waals surface area contributed by atoms with Crippen molar-refractivity contribution < 1.29 is 0 Å². The molecule has 21 heavy (non-hydrogen) atoms. The maximum atomic E-state index is 8.82. The van der Waals surface area contributed by atoms with Gasteiger partial charge in [0.1, 0.15) is 0 Å². The summed E-state index contributed by atoms with van der Waals surface area (Å²) in [7, 11) is 0. The van der Waals surface area contributed by atoms with Gasteiger partial charge < -0.3 is 5.32 Å². The van der Waals surface area contributed by atoms with Gasteiger partial charge in [0, 0.05) is 22.3 Å². The summed E-state index contributed by atoms with van der Waals surface area (Å²) >= 11 is 1.88. The van der Waals surface area contributed by atoms with Gasteiger partial charge in [-0.3, -0.25) is 0 Å². The summed E-state index contributed by atoms with van der Waals surface area (Å²) in [5.74, 6) is 0. The van der Waals surface area contributed by atoms with Gasteiger partial charge in [-0.2, -0.15) is 5.26 Å². The third-order valence-electron chi connectivity index (χ3n) is 3.52. The van der Waals surface area contributed by atoms with Gasteiger partial charge in [-0.1, -0.05) is 32.9 Å². The molecule has 1 N–H and O–H groups in total. The number of nitrogens with one attached hydrogen (secondary N) is 1. The van der Waals surface area contributed by atoms with Crippen LogP contribution in [-0.4, -0.2) is 0 Å². The molecule has 2 aromatic rings. The lowest BCUT2D eigenvalue weighted by Crippen LogP contribution is -2.17. The molecule has 0 aliphatic carbocycles. The first-order valence-corrected chi connectivity index (χ1v) is 8.04. The van der Waals surface area contributed by atoms with Crippen LogP contribution in [0.2, 0.25) is 0 Å². The van der Waals surface area contributed by atoms with Gasteiger partial charge in [0.2, 0.25) is 0 Å². The van der Waals surface area contributed by atoms with E-state index in [1.54, 1.807) is 0 Å². The lowest BCUT2D eigenvalue weighted by atomic mass is 9.95. The number of rotatable bonds is 4. The first kappa shape index (κ1) is 15.8. The molecule has 1 atom stereocenters. The maximum absolute atomic E-state index is 8.82. The fourth-order valence-electron chi connectivity index (χ4n) is 2.09. The van der Waals surface area contributed by atoms with Crippen LogP contribution >= 0.6 is 11.3 Å².